The van der Waals surface area contributed by atoms with Crippen LogP contribution in [0, 0.1) is 5.92 Å². The topological polar surface area (TPSA) is 38.0 Å². The first-order valence-electron chi connectivity index (χ1n) is 4.87. The molecule has 0 aromatic rings. The summed E-state index contributed by atoms with van der Waals surface area (Å²) in [6.07, 6.45) is 6.70. The monoisotopic (exact) mass is 154 g/mol. The first-order chi connectivity index (χ1) is 5.38. The highest BCUT2D eigenvalue weighted by Gasteiger charge is 2.32. The Balaban J connectivity index is 1.99. The Kier molecular flexibility index (Phi) is 2.14. The fourth-order valence-electron chi connectivity index (χ4n) is 2.57. The molecule has 1 heterocycles. The van der Waals surface area contributed by atoms with Gasteiger partial charge in [-0.1, -0.05) is 12.8 Å². The van der Waals surface area contributed by atoms with Gasteiger partial charge >= 0.3 is 0 Å². The molecule has 2 aliphatic rings. The molecule has 0 bridgehead atoms. The minimum Gasteiger partial charge on any atom is -0.327 e. The smallest absolute Gasteiger partial charge is 0.0110 e. The fraction of sp³-hybridized carbons (Fsp3) is 1.00. The van der Waals surface area contributed by atoms with Crippen LogP contribution in [0.2, 0.25) is 0 Å². The summed E-state index contributed by atoms with van der Waals surface area (Å²) in [6, 6.07) is 1.24. The van der Waals surface area contributed by atoms with E-state index in [1.165, 1.54) is 32.1 Å². The summed E-state index contributed by atoms with van der Waals surface area (Å²) in [4.78, 5) is 0. The average molecular weight is 154 g/mol. The van der Waals surface area contributed by atoms with Crippen molar-refractivity contribution < 1.29 is 0 Å². The molecule has 1 aliphatic heterocycles. The molecule has 64 valence electrons. The molecule has 3 N–H and O–H groups in total. The lowest BCUT2D eigenvalue weighted by molar-refractivity contribution is 0.185. The minimum atomic E-state index is 0.488. The average Bonchev–Trinajstić information content (AvgIpc) is 2.06. The van der Waals surface area contributed by atoms with Crippen molar-refractivity contribution in [2.24, 2.45) is 11.7 Å². The van der Waals surface area contributed by atoms with Crippen molar-refractivity contribution in [1.82, 2.24) is 5.32 Å². The van der Waals surface area contributed by atoms with E-state index in [1.807, 2.05) is 0 Å². The number of hydrogen-bond donors (Lipinski definition) is 2. The Morgan fingerprint density at radius 2 is 1.91 bits per heavy atom. The van der Waals surface area contributed by atoms with Crippen LogP contribution in [0.4, 0.5) is 0 Å². The van der Waals surface area contributed by atoms with Gasteiger partial charge in [0, 0.05) is 12.1 Å². The van der Waals surface area contributed by atoms with Crippen LogP contribution in [0.15, 0.2) is 0 Å². The van der Waals surface area contributed by atoms with E-state index in [0.717, 1.165) is 18.5 Å². The zero-order valence-electron chi connectivity index (χ0n) is 7.05. The van der Waals surface area contributed by atoms with Crippen molar-refractivity contribution >= 4 is 0 Å². The van der Waals surface area contributed by atoms with E-state index in [9.17, 15) is 0 Å². The lowest BCUT2D eigenvalue weighted by atomic mass is 9.77. The van der Waals surface area contributed by atoms with Crippen LogP contribution in [0.1, 0.15) is 32.1 Å². The number of nitrogens with two attached hydrogens (primary N) is 1. The summed E-state index contributed by atoms with van der Waals surface area (Å²) >= 11 is 0. The molecule has 1 saturated heterocycles. The molecular formula is C9H18N2. The first kappa shape index (κ1) is 7.56. The summed E-state index contributed by atoms with van der Waals surface area (Å²) in [5, 5.41) is 3.57. The van der Waals surface area contributed by atoms with Crippen LogP contribution in [-0.4, -0.2) is 18.6 Å². The van der Waals surface area contributed by atoms with Crippen molar-refractivity contribution in [3.8, 4) is 0 Å². The molecule has 0 aromatic heterocycles. The normalized spacial score (nSPS) is 45.0. The molecule has 2 heteroatoms. The van der Waals surface area contributed by atoms with Crippen LogP contribution in [0.5, 0.6) is 0 Å². The summed E-state index contributed by atoms with van der Waals surface area (Å²) in [6.45, 7) is 1.14. The molecule has 3 atom stereocenters. The van der Waals surface area contributed by atoms with E-state index in [0.29, 0.717) is 6.04 Å². The van der Waals surface area contributed by atoms with Gasteiger partial charge in [0.25, 0.3) is 0 Å². The van der Waals surface area contributed by atoms with E-state index >= 15 is 0 Å². The molecule has 2 fully saturated rings. The third-order valence-corrected chi connectivity index (χ3v) is 3.25. The Morgan fingerprint density at radius 3 is 2.73 bits per heavy atom. The van der Waals surface area contributed by atoms with Gasteiger partial charge in [0.15, 0.2) is 0 Å². The SMILES string of the molecule is N[C@@H]1CCN[C@H]2CCCC[C@H]12. The van der Waals surface area contributed by atoms with Crippen molar-refractivity contribution in [3.63, 3.8) is 0 Å². The number of piperidine rings is 1. The van der Waals surface area contributed by atoms with Crippen molar-refractivity contribution in [2.75, 3.05) is 6.54 Å². The molecule has 2 nitrogen and oxygen atoms in total. The van der Waals surface area contributed by atoms with Crippen molar-refractivity contribution in [2.45, 2.75) is 44.2 Å². The van der Waals surface area contributed by atoms with Crippen LogP contribution in [0.3, 0.4) is 0 Å². The Morgan fingerprint density at radius 1 is 1.09 bits per heavy atom. The van der Waals surface area contributed by atoms with E-state index in [1.54, 1.807) is 0 Å². The second kappa shape index (κ2) is 3.11. The second-order valence-corrected chi connectivity index (χ2v) is 3.96. The summed E-state index contributed by atoms with van der Waals surface area (Å²) < 4.78 is 0. The van der Waals surface area contributed by atoms with Gasteiger partial charge in [-0.2, -0.15) is 0 Å². The van der Waals surface area contributed by atoms with Crippen LogP contribution >= 0.6 is 0 Å². The van der Waals surface area contributed by atoms with Gasteiger partial charge in [-0.05, 0) is 31.7 Å². The van der Waals surface area contributed by atoms with Crippen molar-refractivity contribution in [1.29, 1.82) is 0 Å². The van der Waals surface area contributed by atoms with Gasteiger partial charge < -0.3 is 11.1 Å². The number of rotatable bonds is 0. The highest BCUT2D eigenvalue weighted by Crippen LogP contribution is 2.29. The van der Waals surface area contributed by atoms with Gasteiger partial charge in [0.1, 0.15) is 0 Å². The maximum Gasteiger partial charge on any atom is 0.0110 e. The molecule has 11 heavy (non-hydrogen) atoms. The highest BCUT2D eigenvalue weighted by atomic mass is 15.0. The van der Waals surface area contributed by atoms with Gasteiger partial charge in [0.05, 0.1) is 0 Å². The Bertz CT molecular complexity index is 134. The first-order valence-corrected chi connectivity index (χ1v) is 4.87. The summed E-state index contributed by atoms with van der Waals surface area (Å²) in [5.41, 5.74) is 6.05. The molecule has 0 aromatic carbocycles. The van der Waals surface area contributed by atoms with E-state index in [2.05, 4.69) is 5.32 Å². The quantitative estimate of drug-likeness (QED) is 0.543. The molecule has 1 saturated carbocycles. The minimum absolute atomic E-state index is 0.488. The highest BCUT2D eigenvalue weighted by molar-refractivity contribution is 4.91. The molecule has 0 amide bonds. The number of fused-ring (bicyclic) bond motifs is 1. The molecule has 0 unspecified atom stereocenters. The van der Waals surface area contributed by atoms with Crippen LogP contribution in [0.25, 0.3) is 0 Å². The predicted octanol–water partition coefficient (Wildman–Crippen LogP) is 0.866. The lowest BCUT2D eigenvalue weighted by Crippen LogP contribution is -2.53. The molecule has 0 radical (unpaired) electrons. The van der Waals surface area contributed by atoms with Gasteiger partial charge in [0.2, 0.25) is 0 Å². The molecular weight excluding hydrogens is 136 g/mol. The molecule has 2 rings (SSSR count). The van der Waals surface area contributed by atoms with E-state index < -0.39 is 0 Å². The number of hydrogen-bond acceptors (Lipinski definition) is 2. The molecule has 0 spiro atoms. The summed E-state index contributed by atoms with van der Waals surface area (Å²) in [7, 11) is 0. The lowest BCUT2D eigenvalue weighted by Gasteiger charge is -2.40. The van der Waals surface area contributed by atoms with Gasteiger partial charge in [-0.15, -0.1) is 0 Å². The predicted molar refractivity (Wildman–Crippen MR) is 46.3 cm³/mol. The largest absolute Gasteiger partial charge is 0.327 e. The zero-order valence-corrected chi connectivity index (χ0v) is 7.05. The third kappa shape index (κ3) is 1.42. The van der Waals surface area contributed by atoms with Gasteiger partial charge in [-0.3, -0.25) is 0 Å². The fourth-order valence-corrected chi connectivity index (χ4v) is 2.57. The number of nitrogens with one attached hydrogen (secondary N) is 1. The van der Waals surface area contributed by atoms with Crippen LogP contribution in [-0.2, 0) is 0 Å². The standard InChI is InChI=1S/C9H18N2/c10-8-5-6-11-9-4-2-1-3-7(8)9/h7-9,11H,1-6,10H2/t7-,8-,9+/m1/s1. The maximum atomic E-state index is 6.05. The molecule has 1 aliphatic carbocycles. The Hall–Kier alpha value is -0.0800. The van der Waals surface area contributed by atoms with E-state index in [-0.39, 0.29) is 0 Å². The third-order valence-electron chi connectivity index (χ3n) is 3.25. The maximum absolute atomic E-state index is 6.05. The summed E-state index contributed by atoms with van der Waals surface area (Å²) in [5.74, 6) is 0.789. The van der Waals surface area contributed by atoms with Gasteiger partial charge in [-0.25, -0.2) is 0 Å². The van der Waals surface area contributed by atoms with E-state index in [4.69, 9.17) is 5.73 Å². The Labute approximate surface area is 68.5 Å². The second-order valence-electron chi connectivity index (χ2n) is 3.96. The van der Waals surface area contributed by atoms with Crippen LogP contribution < -0.4 is 11.1 Å². The van der Waals surface area contributed by atoms with Crippen molar-refractivity contribution in [3.05, 3.63) is 0 Å². The zero-order chi connectivity index (χ0) is 7.68.